The molecule has 1 saturated heterocycles. The Morgan fingerprint density at radius 2 is 1.07 bits per heavy atom. The van der Waals surface area contributed by atoms with Gasteiger partial charge in [0.2, 0.25) is 0 Å². The molecule has 1 heterocycles. The summed E-state index contributed by atoms with van der Waals surface area (Å²) in [4.78, 5) is 0. The molecular weight excluding hydrogens is 314 g/mol. The summed E-state index contributed by atoms with van der Waals surface area (Å²) in [6.07, 6.45) is -5.09. The fourth-order valence-electron chi connectivity index (χ4n) is 0.585. The Hall–Kier alpha value is 1.16. The van der Waals surface area contributed by atoms with Crippen LogP contribution in [0.15, 0.2) is 0 Å². The summed E-state index contributed by atoms with van der Waals surface area (Å²) < 4.78 is 39.4. The van der Waals surface area contributed by atoms with Gasteiger partial charge in [0.1, 0.15) is 0 Å². The average Bonchev–Trinajstić information content (AvgIpc) is 1.95. The van der Waals surface area contributed by atoms with Crippen molar-refractivity contribution in [2.45, 2.75) is 20.5 Å². The van der Waals surface area contributed by atoms with E-state index in [2.05, 4.69) is 9.47 Å². The molecule has 0 aromatic rings. The van der Waals surface area contributed by atoms with Crippen molar-refractivity contribution in [3.8, 4) is 0 Å². The summed E-state index contributed by atoms with van der Waals surface area (Å²) in [5, 5.41) is -3.56. The van der Waals surface area contributed by atoms with Gasteiger partial charge in [-0.2, -0.15) is 13.2 Å². The van der Waals surface area contributed by atoms with Gasteiger partial charge in [0, 0.05) is 0 Å². The van der Waals surface area contributed by atoms with E-state index in [0.29, 0.717) is 0 Å². The number of alkyl halides is 8. The zero-order chi connectivity index (χ0) is 11.4. The third kappa shape index (κ3) is 2.00. The lowest BCUT2D eigenvalue weighted by Crippen LogP contribution is -2.41. The van der Waals surface area contributed by atoms with Crippen molar-refractivity contribution in [1.29, 1.82) is 0 Å². The van der Waals surface area contributed by atoms with Gasteiger partial charge in [-0.05, 0) is 11.6 Å². The van der Waals surface area contributed by atoms with E-state index in [1.165, 1.54) is 0 Å². The Labute approximate surface area is 101 Å². The van der Waals surface area contributed by atoms with E-state index in [1.54, 1.807) is 0 Å². The summed E-state index contributed by atoms with van der Waals surface area (Å²) in [6.45, 7) is 0. The van der Waals surface area contributed by atoms with Gasteiger partial charge in [0.25, 0.3) is 9.04 Å². The van der Waals surface area contributed by atoms with Gasteiger partial charge in [0.15, 0.2) is 0 Å². The Balaban J connectivity index is 3.03. The zero-order valence-corrected chi connectivity index (χ0v) is 9.62. The molecule has 0 saturated carbocycles. The van der Waals surface area contributed by atoms with Crippen molar-refractivity contribution in [1.82, 2.24) is 0 Å². The van der Waals surface area contributed by atoms with E-state index < -0.39 is 20.5 Å². The molecule has 0 radical (unpaired) electrons. The van der Waals surface area contributed by atoms with E-state index in [4.69, 9.17) is 58.0 Å². The molecule has 0 bridgehead atoms. The lowest BCUT2D eigenvalue weighted by molar-refractivity contribution is -0.305. The van der Waals surface area contributed by atoms with Crippen molar-refractivity contribution < 1.29 is 22.6 Å². The normalized spacial score (nSPS) is 29.1. The van der Waals surface area contributed by atoms with Gasteiger partial charge in [-0.15, -0.1) is 0 Å². The van der Waals surface area contributed by atoms with Crippen LogP contribution in [-0.4, -0.2) is 20.5 Å². The van der Waals surface area contributed by atoms with Crippen LogP contribution in [-0.2, 0) is 9.47 Å². The minimum Gasteiger partial charge on any atom is -0.288 e. The van der Waals surface area contributed by atoms with E-state index in [9.17, 15) is 13.2 Å². The van der Waals surface area contributed by atoms with Crippen molar-refractivity contribution in [3.63, 3.8) is 0 Å². The van der Waals surface area contributed by atoms with Crippen LogP contribution in [0.5, 0.6) is 0 Å². The van der Waals surface area contributed by atoms with Crippen LogP contribution >= 0.6 is 58.0 Å². The molecular formula is C4Cl5F3O2. The third-order valence-corrected chi connectivity index (χ3v) is 3.32. The molecule has 1 rings (SSSR count). The number of halogens is 8. The summed E-state index contributed by atoms with van der Waals surface area (Å²) in [6, 6.07) is 0. The highest BCUT2D eigenvalue weighted by molar-refractivity contribution is 6.61. The molecule has 0 amide bonds. The van der Waals surface area contributed by atoms with E-state index in [1.807, 2.05) is 0 Å². The van der Waals surface area contributed by atoms with Gasteiger partial charge in [-0.25, -0.2) is 0 Å². The molecule has 84 valence electrons. The van der Waals surface area contributed by atoms with E-state index >= 15 is 0 Å². The predicted octanol–water partition coefficient (Wildman–Crippen LogP) is 3.75. The Kier molecular flexibility index (Phi) is 3.14. The third-order valence-electron chi connectivity index (χ3n) is 1.20. The Morgan fingerprint density at radius 3 is 1.21 bits per heavy atom. The molecule has 10 heteroatoms. The minimum atomic E-state index is -5.09. The average molecular weight is 314 g/mol. The van der Waals surface area contributed by atoms with Gasteiger partial charge in [0.05, 0.1) is 0 Å². The van der Waals surface area contributed by atoms with Crippen molar-refractivity contribution >= 4 is 58.0 Å². The molecule has 0 aromatic carbocycles. The summed E-state index contributed by atoms with van der Waals surface area (Å²) in [7, 11) is 0. The second-order valence-electron chi connectivity index (χ2n) is 2.27. The molecule has 0 unspecified atom stereocenters. The summed E-state index contributed by atoms with van der Waals surface area (Å²) in [5.74, 6) is 0. The number of rotatable bonds is 0. The van der Waals surface area contributed by atoms with Crippen molar-refractivity contribution in [3.05, 3.63) is 0 Å². The second-order valence-corrected chi connectivity index (χ2v) is 5.29. The van der Waals surface area contributed by atoms with E-state index in [-0.39, 0.29) is 0 Å². The molecule has 1 fully saturated rings. The van der Waals surface area contributed by atoms with Crippen LogP contribution in [0, 0.1) is 0 Å². The molecule has 0 N–H and O–H groups in total. The second kappa shape index (κ2) is 3.32. The maximum atomic E-state index is 12.2. The van der Waals surface area contributed by atoms with Crippen LogP contribution in [0.2, 0.25) is 0 Å². The highest BCUT2D eigenvalue weighted by Gasteiger charge is 2.74. The van der Waals surface area contributed by atoms with Gasteiger partial charge in [-0.1, -0.05) is 46.4 Å². The highest BCUT2D eigenvalue weighted by Crippen LogP contribution is 2.59. The van der Waals surface area contributed by atoms with Gasteiger partial charge >= 0.3 is 11.4 Å². The maximum absolute atomic E-state index is 12.2. The largest absolute Gasteiger partial charge is 0.460 e. The van der Waals surface area contributed by atoms with Gasteiger partial charge < -0.3 is 0 Å². The van der Waals surface area contributed by atoms with Crippen LogP contribution in [0.1, 0.15) is 0 Å². The topological polar surface area (TPSA) is 18.5 Å². The van der Waals surface area contributed by atoms with Crippen LogP contribution in [0.4, 0.5) is 13.2 Å². The molecule has 14 heavy (non-hydrogen) atoms. The first-order valence-electron chi connectivity index (χ1n) is 2.83. The number of ether oxygens (including phenoxy) is 2. The molecule has 2 nitrogen and oxygen atoms in total. The lowest BCUT2D eigenvalue weighted by atomic mass is 10.6. The first-order valence-corrected chi connectivity index (χ1v) is 4.72. The SMILES string of the molecule is FC(F)(F)C1(Cl)OC(Cl)(Cl)C(Cl)(Cl)O1. The lowest BCUT2D eigenvalue weighted by Gasteiger charge is -2.22. The van der Waals surface area contributed by atoms with Crippen LogP contribution in [0.3, 0.4) is 0 Å². The Morgan fingerprint density at radius 1 is 0.786 bits per heavy atom. The summed E-state index contributed by atoms with van der Waals surface area (Å²) in [5.41, 5.74) is 0. The molecule has 0 spiro atoms. The zero-order valence-electron chi connectivity index (χ0n) is 5.84. The fourth-order valence-corrected chi connectivity index (χ4v) is 1.56. The highest BCUT2D eigenvalue weighted by atomic mass is 35.5. The number of hydrogen-bond donors (Lipinski definition) is 0. The maximum Gasteiger partial charge on any atom is 0.460 e. The smallest absolute Gasteiger partial charge is 0.288 e. The minimum absolute atomic E-state index is 2.62. The first-order chi connectivity index (χ1) is 5.91. The van der Waals surface area contributed by atoms with E-state index in [0.717, 1.165) is 0 Å². The van der Waals surface area contributed by atoms with Crippen molar-refractivity contribution in [2.75, 3.05) is 0 Å². The number of hydrogen-bond acceptors (Lipinski definition) is 2. The van der Waals surface area contributed by atoms with Gasteiger partial charge in [-0.3, -0.25) is 9.47 Å². The predicted molar refractivity (Wildman–Crippen MR) is 45.7 cm³/mol. The quantitative estimate of drug-likeness (QED) is 0.634. The molecule has 0 aliphatic carbocycles. The van der Waals surface area contributed by atoms with Crippen LogP contribution in [0.25, 0.3) is 0 Å². The summed E-state index contributed by atoms with van der Waals surface area (Å²) >= 11 is 25.8. The monoisotopic (exact) mass is 312 g/mol. The first kappa shape index (κ1) is 13.2. The fraction of sp³-hybridized carbons (Fsp3) is 1.00. The molecule has 0 aromatic heterocycles. The van der Waals surface area contributed by atoms with Crippen molar-refractivity contribution in [2.24, 2.45) is 0 Å². The van der Waals surface area contributed by atoms with Crippen LogP contribution < -0.4 is 0 Å². The molecule has 1 aliphatic heterocycles. The standard InChI is InChI=1S/C4Cl5F3O2/c5-1(6)2(7,8)14-3(9,13-1)4(10,11)12. The Bertz CT molecular complexity index is 236. The molecule has 0 atom stereocenters. The molecule has 1 aliphatic rings.